The Bertz CT molecular complexity index is 1280. The van der Waals surface area contributed by atoms with Gasteiger partial charge in [0.05, 0.1) is 19.1 Å². The van der Waals surface area contributed by atoms with Crippen LogP contribution in [0.25, 0.3) is 11.1 Å². The van der Waals surface area contributed by atoms with Gasteiger partial charge in [-0.05, 0) is 86.4 Å². The molecule has 0 aliphatic heterocycles. The summed E-state index contributed by atoms with van der Waals surface area (Å²) in [6, 6.07) is 12.2. The highest BCUT2D eigenvalue weighted by atomic mass is 19.2. The maximum Gasteiger partial charge on any atom is 0.314 e. The number of hydrogen-bond donors (Lipinski definition) is 0. The Balaban J connectivity index is 1.37. The Morgan fingerprint density at radius 2 is 1.44 bits per heavy atom. The quantitative estimate of drug-likeness (QED) is 0.111. The van der Waals surface area contributed by atoms with E-state index in [9.17, 15) is 22.4 Å². The summed E-state index contributed by atoms with van der Waals surface area (Å²) in [5.74, 6) is -5.80. The molecule has 1 fully saturated rings. The average Bonchev–Trinajstić information content (AvgIpc) is 2.95. The zero-order valence-corrected chi connectivity index (χ0v) is 22.1. The van der Waals surface area contributed by atoms with Crippen LogP contribution in [0.2, 0.25) is 0 Å². The van der Waals surface area contributed by atoms with E-state index in [0.717, 1.165) is 12.8 Å². The highest BCUT2D eigenvalue weighted by molar-refractivity contribution is 5.76. The van der Waals surface area contributed by atoms with E-state index >= 15 is 0 Å². The number of rotatable bonds is 10. The molecule has 0 amide bonds. The summed E-state index contributed by atoms with van der Waals surface area (Å²) in [6.45, 7) is 4.55. The van der Waals surface area contributed by atoms with Gasteiger partial charge in [0.2, 0.25) is 11.6 Å². The molecule has 208 valence electrons. The number of benzene rings is 3. The molecule has 4 rings (SSSR count). The van der Waals surface area contributed by atoms with Crippen molar-refractivity contribution in [2.45, 2.75) is 58.3 Å². The van der Waals surface area contributed by atoms with Crippen molar-refractivity contribution >= 4 is 5.97 Å². The van der Waals surface area contributed by atoms with Gasteiger partial charge in [-0.2, -0.15) is 8.78 Å². The van der Waals surface area contributed by atoms with Gasteiger partial charge in [-0.1, -0.05) is 31.5 Å². The van der Waals surface area contributed by atoms with E-state index in [1.165, 1.54) is 24.3 Å². The van der Waals surface area contributed by atoms with Crippen molar-refractivity contribution in [2.75, 3.05) is 13.2 Å². The van der Waals surface area contributed by atoms with E-state index in [1.807, 2.05) is 0 Å². The first-order valence-electron chi connectivity index (χ1n) is 13.4. The molecule has 3 aromatic rings. The van der Waals surface area contributed by atoms with Crippen LogP contribution in [0.4, 0.5) is 17.6 Å². The van der Waals surface area contributed by atoms with Gasteiger partial charge in [0.25, 0.3) is 0 Å². The molecule has 0 radical (unpaired) electrons. The normalized spacial score (nSPS) is 17.1. The van der Waals surface area contributed by atoms with E-state index in [-0.39, 0.29) is 29.4 Å². The third-order valence-electron chi connectivity index (χ3n) is 7.07. The molecule has 1 aliphatic rings. The van der Waals surface area contributed by atoms with Gasteiger partial charge >= 0.3 is 5.97 Å². The summed E-state index contributed by atoms with van der Waals surface area (Å²) in [6.07, 6.45) is 3.49. The smallest absolute Gasteiger partial charge is 0.314 e. The SMILES string of the molecule is CCCCOc1ccc(-c2ccc(OC(=O)C3CCC(c4ccc(OCC)c(F)c4F)CC3)c(F)c2F)cc1. The van der Waals surface area contributed by atoms with Crippen molar-refractivity contribution < 1.29 is 36.6 Å². The first-order chi connectivity index (χ1) is 18.8. The van der Waals surface area contributed by atoms with E-state index in [2.05, 4.69) is 6.92 Å². The Morgan fingerprint density at radius 1 is 0.769 bits per heavy atom. The molecule has 1 aliphatic carbocycles. The Morgan fingerprint density at radius 3 is 2.10 bits per heavy atom. The lowest BCUT2D eigenvalue weighted by Crippen LogP contribution is -2.26. The van der Waals surface area contributed by atoms with Crippen LogP contribution in [-0.2, 0) is 4.79 Å². The third-order valence-corrected chi connectivity index (χ3v) is 7.07. The maximum absolute atomic E-state index is 14.9. The number of ether oxygens (including phenoxy) is 3. The molecule has 0 bridgehead atoms. The lowest BCUT2D eigenvalue weighted by molar-refractivity contribution is -0.140. The van der Waals surface area contributed by atoms with Crippen LogP contribution in [0, 0.1) is 29.2 Å². The molecule has 0 aromatic heterocycles. The van der Waals surface area contributed by atoms with Gasteiger partial charge in [0.1, 0.15) is 5.75 Å². The molecule has 0 atom stereocenters. The van der Waals surface area contributed by atoms with Crippen molar-refractivity contribution in [1.82, 2.24) is 0 Å². The predicted molar refractivity (Wildman–Crippen MR) is 140 cm³/mol. The molecule has 8 heteroatoms. The Labute approximate surface area is 225 Å². The molecule has 4 nitrogen and oxygen atoms in total. The summed E-state index contributed by atoms with van der Waals surface area (Å²) in [7, 11) is 0. The molecule has 1 saturated carbocycles. The molecule has 0 N–H and O–H groups in total. The fourth-order valence-corrected chi connectivity index (χ4v) is 4.86. The van der Waals surface area contributed by atoms with Gasteiger partial charge in [-0.3, -0.25) is 4.79 Å². The van der Waals surface area contributed by atoms with Crippen molar-refractivity contribution in [3.05, 3.63) is 77.4 Å². The number of carbonyl (C=O) groups is 1. The minimum absolute atomic E-state index is 0.0394. The second kappa shape index (κ2) is 13.0. The second-order valence-electron chi connectivity index (χ2n) is 9.65. The summed E-state index contributed by atoms with van der Waals surface area (Å²) in [4.78, 5) is 12.7. The maximum atomic E-state index is 14.9. The van der Waals surface area contributed by atoms with E-state index in [1.54, 1.807) is 31.2 Å². The highest BCUT2D eigenvalue weighted by Crippen LogP contribution is 2.39. The number of halogens is 4. The largest absolute Gasteiger partial charge is 0.494 e. The van der Waals surface area contributed by atoms with E-state index in [4.69, 9.17) is 14.2 Å². The van der Waals surface area contributed by atoms with Gasteiger partial charge in [-0.15, -0.1) is 0 Å². The van der Waals surface area contributed by atoms with Crippen LogP contribution in [0.1, 0.15) is 63.9 Å². The standard InChI is InChI=1S/C31H32F4O4/c1-3-5-18-38-22-12-10-20(11-13-22)24-15-17-26(30(35)28(24)33)39-31(36)21-8-6-19(7-9-21)23-14-16-25(37-4-2)29(34)27(23)32/h10-17,19,21H,3-9,18H2,1-2H3. The fourth-order valence-electron chi connectivity index (χ4n) is 4.86. The predicted octanol–water partition coefficient (Wildman–Crippen LogP) is 8.37. The topological polar surface area (TPSA) is 44.8 Å². The van der Waals surface area contributed by atoms with E-state index < -0.39 is 40.9 Å². The summed E-state index contributed by atoms with van der Waals surface area (Å²) in [5, 5.41) is 0. The van der Waals surface area contributed by atoms with Crippen molar-refractivity contribution in [3.63, 3.8) is 0 Å². The van der Waals surface area contributed by atoms with Crippen LogP contribution < -0.4 is 14.2 Å². The summed E-state index contributed by atoms with van der Waals surface area (Å²) in [5.41, 5.74) is 0.743. The molecular formula is C31H32F4O4. The minimum Gasteiger partial charge on any atom is -0.494 e. The van der Waals surface area contributed by atoms with Crippen LogP contribution in [0.5, 0.6) is 17.2 Å². The second-order valence-corrected chi connectivity index (χ2v) is 9.65. The lowest BCUT2D eigenvalue weighted by Gasteiger charge is -2.28. The van der Waals surface area contributed by atoms with Gasteiger partial charge in [-0.25, -0.2) is 8.78 Å². The van der Waals surface area contributed by atoms with Crippen LogP contribution in [0.3, 0.4) is 0 Å². The molecule has 3 aromatic carbocycles. The average molecular weight is 545 g/mol. The monoisotopic (exact) mass is 544 g/mol. The molecule has 0 spiro atoms. The number of carbonyl (C=O) groups excluding carboxylic acids is 1. The van der Waals surface area contributed by atoms with Crippen LogP contribution in [-0.4, -0.2) is 19.2 Å². The van der Waals surface area contributed by atoms with Crippen molar-refractivity contribution in [1.29, 1.82) is 0 Å². The van der Waals surface area contributed by atoms with Gasteiger partial charge < -0.3 is 14.2 Å². The molecule has 0 saturated heterocycles. The van der Waals surface area contributed by atoms with E-state index in [0.29, 0.717) is 43.6 Å². The van der Waals surface area contributed by atoms with Crippen LogP contribution in [0.15, 0.2) is 48.5 Å². The van der Waals surface area contributed by atoms with Crippen LogP contribution >= 0.6 is 0 Å². The van der Waals surface area contributed by atoms with Crippen molar-refractivity contribution in [3.8, 4) is 28.4 Å². The lowest BCUT2D eigenvalue weighted by atomic mass is 9.78. The first kappa shape index (κ1) is 28.5. The summed E-state index contributed by atoms with van der Waals surface area (Å²) < 4.78 is 74.6. The molecule has 39 heavy (non-hydrogen) atoms. The molecule has 0 heterocycles. The molecule has 0 unspecified atom stereocenters. The van der Waals surface area contributed by atoms with Gasteiger partial charge in [0.15, 0.2) is 23.1 Å². The zero-order valence-electron chi connectivity index (χ0n) is 22.1. The number of unbranched alkanes of at least 4 members (excludes halogenated alkanes) is 1. The fraction of sp³-hybridized carbons (Fsp3) is 0.387. The molecular weight excluding hydrogens is 512 g/mol. The number of hydrogen-bond acceptors (Lipinski definition) is 4. The minimum atomic E-state index is -1.25. The highest BCUT2D eigenvalue weighted by Gasteiger charge is 2.31. The Hall–Kier alpha value is -3.55. The third kappa shape index (κ3) is 6.54. The number of esters is 1. The zero-order chi connectivity index (χ0) is 27.9. The van der Waals surface area contributed by atoms with Crippen molar-refractivity contribution in [2.24, 2.45) is 5.92 Å². The van der Waals surface area contributed by atoms with Gasteiger partial charge in [0, 0.05) is 5.56 Å². The first-order valence-corrected chi connectivity index (χ1v) is 13.4. The Kier molecular flexibility index (Phi) is 9.49. The summed E-state index contributed by atoms with van der Waals surface area (Å²) >= 11 is 0.